The molecular weight excluding hydrogens is 340 g/mol. The van der Waals surface area contributed by atoms with Crippen LogP contribution in [0.3, 0.4) is 0 Å². The lowest BCUT2D eigenvalue weighted by Crippen LogP contribution is -2.32. The highest BCUT2D eigenvalue weighted by atomic mass is 16.2. The van der Waals surface area contributed by atoms with Gasteiger partial charge < -0.3 is 21.3 Å². The van der Waals surface area contributed by atoms with E-state index < -0.39 is 11.9 Å². The van der Waals surface area contributed by atoms with E-state index in [0.717, 1.165) is 18.8 Å². The number of carbonyl (C=O) groups is 2. The monoisotopic (exact) mass is 366 g/mol. The molecule has 1 fully saturated rings. The van der Waals surface area contributed by atoms with Crippen molar-refractivity contribution in [2.24, 2.45) is 5.73 Å². The third-order valence-electron chi connectivity index (χ3n) is 4.80. The van der Waals surface area contributed by atoms with Gasteiger partial charge in [-0.15, -0.1) is 0 Å². The molecule has 2 amide bonds. The highest BCUT2D eigenvalue weighted by Crippen LogP contribution is 2.22. The first kappa shape index (κ1) is 18.8. The van der Waals surface area contributed by atoms with E-state index in [1.807, 2.05) is 19.1 Å². The van der Waals surface area contributed by atoms with Crippen molar-refractivity contribution in [3.63, 3.8) is 0 Å². The number of nitrogens with zero attached hydrogens (tertiary/aromatic N) is 1. The second-order valence-corrected chi connectivity index (χ2v) is 6.89. The molecule has 0 aromatic heterocycles. The number of piperidine rings is 1. The van der Waals surface area contributed by atoms with Crippen molar-refractivity contribution in [1.82, 2.24) is 0 Å². The first-order valence-corrected chi connectivity index (χ1v) is 9.35. The van der Waals surface area contributed by atoms with Crippen LogP contribution in [-0.2, 0) is 4.79 Å². The molecule has 0 aliphatic carbocycles. The molecule has 1 heterocycles. The van der Waals surface area contributed by atoms with Crippen LogP contribution in [0.1, 0.15) is 36.5 Å². The quantitative estimate of drug-likeness (QED) is 0.732. The van der Waals surface area contributed by atoms with Crippen LogP contribution in [0.15, 0.2) is 48.5 Å². The fraction of sp³-hybridized carbons (Fsp3) is 0.333. The van der Waals surface area contributed by atoms with E-state index in [1.54, 1.807) is 24.3 Å². The Bertz CT molecular complexity index is 781. The highest BCUT2D eigenvalue weighted by Gasteiger charge is 2.14. The molecule has 0 bridgehead atoms. The summed E-state index contributed by atoms with van der Waals surface area (Å²) in [6, 6.07) is 14.3. The minimum absolute atomic E-state index is 0.151. The summed E-state index contributed by atoms with van der Waals surface area (Å²) in [5, 5.41) is 6.05. The molecule has 4 N–H and O–H groups in total. The molecule has 1 aliphatic heterocycles. The molecule has 27 heavy (non-hydrogen) atoms. The Morgan fingerprint density at radius 2 is 1.52 bits per heavy atom. The Morgan fingerprint density at radius 1 is 0.926 bits per heavy atom. The van der Waals surface area contributed by atoms with Crippen LogP contribution in [0.4, 0.5) is 17.1 Å². The van der Waals surface area contributed by atoms with Gasteiger partial charge >= 0.3 is 0 Å². The maximum atomic E-state index is 12.4. The number of carbonyl (C=O) groups excluding carboxylic acids is 2. The SMILES string of the molecule is CC(Nc1ccc(N2CCCCC2)cc1)C(=O)Nc1ccc(C(N)=O)cc1. The van der Waals surface area contributed by atoms with Gasteiger partial charge in [0, 0.05) is 35.7 Å². The second-order valence-electron chi connectivity index (χ2n) is 6.89. The maximum Gasteiger partial charge on any atom is 0.248 e. The molecular formula is C21H26N4O2. The first-order valence-electron chi connectivity index (χ1n) is 9.35. The van der Waals surface area contributed by atoms with E-state index >= 15 is 0 Å². The molecule has 6 heteroatoms. The van der Waals surface area contributed by atoms with Crippen molar-refractivity contribution in [3.8, 4) is 0 Å². The Morgan fingerprint density at radius 3 is 2.11 bits per heavy atom. The summed E-state index contributed by atoms with van der Waals surface area (Å²) in [4.78, 5) is 25.9. The highest BCUT2D eigenvalue weighted by molar-refractivity contribution is 5.97. The van der Waals surface area contributed by atoms with E-state index in [0.29, 0.717) is 11.3 Å². The summed E-state index contributed by atoms with van der Waals surface area (Å²) >= 11 is 0. The van der Waals surface area contributed by atoms with Crippen molar-refractivity contribution < 1.29 is 9.59 Å². The van der Waals surface area contributed by atoms with Crippen LogP contribution < -0.4 is 21.3 Å². The average molecular weight is 366 g/mol. The van der Waals surface area contributed by atoms with Crippen LogP contribution >= 0.6 is 0 Å². The fourth-order valence-electron chi connectivity index (χ4n) is 3.20. The topological polar surface area (TPSA) is 87.5 Å². The minimum Gasteiger partial charge on any atom is -0.374 e. The minimum atomic E-state index is -0.490. The largest absolute Gasteiger partial charge is 0.374 e. The molecule has 1 saturated heterocycles. The smallest absolute Gasteiger partial charge is 0.248 e. The molecule has 1 unspecified atom stereocenters. The zero-order chi connectivity index (χ0) is 19.2. The molecule has 0 spiro atoms. The van der Waals surface area contributed by atoms with Crippen LogP contribution in [0.2, 0.25) is 0 Å². The summed E-state index contributed by atoms with van der Waals surface area (Å²) in [6.45, 7) is 4.03. The van der Waals surface area contributed by atoms with Crippen molar-refractivity contribution >= 4 is 28.9 Å². The fourth-order valence-corrected chi connectivity index (χ4v) is 3.20. The summed E-state index contributed by atoms with van der Waals surface area (Å²) in [5.74, 6) is -0.641. The second kappa shape index (κ2) is 8.58. The lowest BCUT2D eigenvalue weighted by atomic mass is 10.1. The number of nitrogens with one attached hydrogen (secondary N) is 2. The van der Waals surface area contributed by atoms with Gasteiger partial charge in [-0.05, 0) is 74.7 Å². The molecule has 2 aromatic rings. The van der Waals surface area contributed by atoms with E-state index in [9.17, 15) is 9.59 Å². The van der Waals surface area contributed by atoms with E-state index in [-0.39, 0.29) is 5.91 Å². The Kier molecular flexibility index (Phi) is 5.96. The van der Waals surface area contributed by atoms with Gasteiger partial charge in [-0.3, -0.25) is 9.59 Å². The van der Waals surface area contributed by atoms with Crippen LogP contribution in [0.25, 0.3) is 0 Å². The molecule has 6 nitrogen and oxygen atoms in total. The summed E-state index contributed by atoms with van der Waals surface area (Å²) in [7, 11) is 0. The average Bonchev–Trinajstić information content (AvgIpc) is 2.69. The van der Waals surface area contributed by atoms with Gasteiger partial charge in [-0.1, -0.05) is 0 Å². The standard InChI is InChI=1S/C21H26N4O2/c1-15(21(27)24-18-7-5-16(6-8-18)20(22)26)23-17-9-11-19(12-10-17)25-13-3-2-4-14-25/h5-12,15,23H,2-4,13-14H2,1H3,(H2,22,26)(H,24,27). The van der Waals surface area contributed by atoms with Gasteiger partial charge in [0.15, 0.2) is 0 Å². The zero-order valence-electron chi connectivity index (χ0n) is 15.6. The lowest BCUT2D eigenvalue weighted by Gasteiger charge is -2.29. The lowest BCUT2D eigenvalue weighted by molar-refractivity contribution is -0.116. The normalized spacial score (nSPS) is 15.1. The number of hydrogen-bond donors (Lipinski definition) is 3. The number of amides is 2. The zero-order valence-corrected chi connectivity index (χ0v) is 15.6. The number of anilines is 3. The molecule has 1 aliphatic rings. The summed E-state index contributed by atoms with van der Waals surface area (Å²) in [6.07, 6.45) is 3.81. The molecule has 0 radical (unpaired) electrons. The van der Waals surface area contributed by atoms with E-state index in [1.165, 1.54) is 24.9 Å². The third kappa shape index (κ3) is 5.00. The summed E-state index contributed by atoms with van der Waals surface area (Å²) < 4.78 is 0. The number of hydrogen-bond acceptors (Lipinski definition) is 4. The van der Waals surface area contributed by atoms with Gasteiger partial charge in [0.1, 0.15) is 6.04 Å². The van der Waals surface area contributed by atoms with Crippen molar-refractivity contribution in [1.29, 1.82) is 0 Å². The first-order chi connectivity index (χ1) is 13.0. The van der Waals surface area contributed by atoms with Crippen LogP contribution in [0.5, 0.6) is 0 Å². The number of rotatable bonds is 6. The maximum absolute atomic E-state index is 12.4. The number of benzene rings is 2. The Balaban J connectivity index is 1.55. The predicted molar refractivity (Wildman–Crippen MR) is 109 cm³/mol. The van der Waals surface area contributed by atoms with Crippen LogP contribution in [-0.4, -0.2) is 30.9 Å². The summed E-state index contributed by atoms with van der Waals surface area (Å²) in [5.41, 5.74) is 8.39. The molecule has 1 atom stereocenters. The van der Waals surface area contributed by atoms with Crippen LogP contribution in [0, 0.1) is 0 Å². The van der Waals surface area contributed by atoms with Gasteiger partial charge in [0.25, 0.3) is 0 Å². The molecule has 3 rings (SSSR count). The predicted octanol–water partition coefficient (Wildman–Crippen LogP) is 3.21. The third-order valence-corrected chi connectivity index (χ3v) is 4.80. The number of nitrogens with two attached hydrogens (primary N) is 1. The molecule has 142 valence electrons. The van der Waals surface area contributed by atoms with Gasteiger partial charge in [-0.2, -0.15) is 0 Å². The van der Waals surface area contributed by atoms with Crippen molar-refractivity contribution in [3.05, 3.63) is 54.1 Å². The Hall–Kier alpha value is -3.02. The van der Waals surface area contributed by atoms with Crippen molar-refractivity contribution in [2.45, 2.75) is 32.2 Å². The molecule has 2 aromatic carbocycles. The Labute approximate surface area is 159 Å². The van der Waals surface area contributed by atoms with E-state index in [2.05, 4.69) is 27.7 Å². The van der Waals surface area contributed by atoms with Crippen molar-refractivity contribution in [2.75, 3.05) is 28.6 Å². The number of primary amides is 1. The van der Waals surface area contributed by atoms with Gasteiger partial charge in [-0.25, -0.2) is 0 Å². The van der Waals surface area contributed by atoms with E-state index in [4.69, 9.17) is 5.73 Å². The van der Waals surface area contributed by atoms with Gasteiger partial charge in [0.05, 0.1) is 0 Å². The van der Waals surface area contributed by atoms with Gasteiger partial charge in [0.2, 0.25) is 11.8 Å². The molecule has 0 saturated carbocycles.